The van der Waals surface area contributed by atoms with Crippen molar-refractivity contribution >= 4 is 40.3 Å². The summed E-state index contributed by atoms with van der Waals surface area (Å²) >= 11 is 11.3. The summed E-state index contributed by atoms with van der Waals surface area (Å²) in [5.41, 5.74) is 0.414. The fourth-order valence-electron chi connectivity index (χ4n) is 2.68. The fourth-order valence-corrected chi connectivity index (χ4v) is 3.06. The smallest absolute Gasteiger partial charge is 0.271 e. The molecule has 1 fully saturated rings. The Balaban J connectivity index is 1.71. The zero-order valence-electron chi connectivity index (χ0n) is 13.8. The lowest BCUT2D eigenvalue weighted by Gasteiger charge is -2.30. The van der Waals surface area contributed by atoms with Crippen molar-refractivity contribution in [1.82, 2.24) is 10.2 Å². The van der Waals surface area contributed by atoms with Gasteiger partial charge in [-0.1, -0.05) is 18.5 Å². The van der Waals surface area contributed by atoms with Crippen molar-refractivity contribution in [3.05, 3.63) is 33.3 Å². The molecule has 132 valence electrons. The molecule has 1 saturated heterocycles. The first-order chi connectivity index (χ1) is 11.5. The van der Waals surface area contributed by atoms with Crippen LogP contribution in [0.2, 0.25) is 5.02 Å². The van der Waals surface area contributed by atoms with Crippen LogP contribution in [0.5, 0.6) is 0 Å². The van der Waals surface area contributed by atoms with Gasteiger partial charge in [0.15, 0.2) is 5.11 Å². The van der Waals surface area contributed by atoms with Gasteiger partial charge in [0.1, 0.15) is 0 Å². The van der Waals surface area contributed by atoms with Crippen LogP contribution in [0.15, 0.2) is 18.2 Å². The molecule has 1 aromatic rings. The second kappa shape index (κ2) is 9.15. The molecular formula is C16H23ClN4O2S. The van der Waals surface area contributed by atoms with E-state index >= 15 is 0 Å². The first kappa shape index (κ1) is 18.9. The van der Waals surface area contributed by atoms with Crippen molar-refractivity contribution in [3.8, 4) is 0 Å². The average molecular weight is 371 g/mol. The quantitative estimate of drug-likeness (QED) is 0.344. The van der Waals surface area contributed by atoms with Gasteiger partial charge < -0.3 is 15.5 Å². The van der Waals surface area contributed by atoms with Crippen LogP contribution in [-0.4, -0.2) is 41.1 Å². The second-order valence-corrected chi connectivity index (χ2v) is 7.00. The minimum atomic E-state index is -0.461. The van der Waals surface area contributed by atoms with Crippen molar-refractivity contribution in [1.29, 1.82) is 0 Å². The molecule has 0 spiro atoms. The number of nitrogens with zero attached hydrogens (tertiary/aromatic N) is 2. The molecule has 0 aliphatic carbocycles. The molecule has 8 heteroatoms. The molecule has 1 aliphatic rings. The Kier molecular flexibility index (Phi) is 7.20. The standard InChI is InChI=1S/C16H23ClN4O2S/c1-12-5-9-20(10-6-12)8-2-7-18-16(24)19-15-11-13(21(22)23)3-4-14(15)17/h3-4,11-12H,2,5-10H2,1H3,(H2,18,19,24). The Bertz CT molecular complexity index is 591. The van der Waals surface area contributed by atoms with Crippen LogP contribution in [0, 0.1) is 16.0 Å². The molecule has 1 aliphatic heterocycles. The molecule has 24 heavy (non-hydrogen) atoms. The normalized spacial score (nSPS) is 15.9. The SMILES string of the molecule is CC1CCN(CCCNC(=S)Nc2cc([N+](=O)[O-])ccc2Cl)CC1. The monoisotopic (exact) mass is 370 g/mol. The van der Waals surface area contributed by atoms with Gasteiger partial charge in [-0.2, -0.15) is 0 Å². The third kappa shape index (κ3) is 5.89. The number of rotatable bonds is 6. The molecule has 0 bridgehead atoms. The molecule has 2 rings (SSSR count). The van der Waals surface area contributed by atoms with Crippen molar-refractivity contribution in [2.75, 3.05) is 31.5 Å². The van der Waals surface area contributed by atoms with Crippen LogP contribution in [0.3, 0.4) is 0 Å². The highest BCUT2D eigenvalue weighted by Gasteiger charge is 2.15. The number of thiocarbonyl (C=S) groups is 1. The Labute approximate surface area is 152 Å². The molecule has 1 aromatic carbocycles. The maximum Gasteiger partial charge on any atom is 0.271 e. The number of piperidine rings is 1. The van der Waals surface area contributed by atoms with Crippen molar-refractivity contribution in [3.63, 3.8) is 0 Å². The number of non-ortho nitro benzene ring substituents is 1. The Morgan fingerprint density at radius 2 is 2.17 bits per heavy atom. The number of nitrogens with one attached hydrogen (secondary N) is 2. The Hall–Kier alpha value is -1.44. The molecule has 2 N–H and O–H groups in total. The van der Waals surface area contributed by atoms with Crippen LogP contribution < -0.4 is 10.6 Å². The van der Waals surface area contributed by atoms with Crippen LogP contribution >= 0.6 is 23.8 Å². The summed E-state index contributed by atoms with van der Waals surface area (Å²) in [7, 11) is 0. The van der Waals surface area contributed by atoms with Gasteiger partial charge in [-0.15, -0.1) is 0 Å². The number of nitro groups is 1. The summed E-state index contributed by atoms with van der Waals surface area (Å²) in [6.45, 7) is 6.46. The van der Waals surface area contributed by atoms with Crippen LogP contribution in [0.25, 0.3) is 0 Å². The summed E-state index contributed by atoms with van der Waals surface area (Å²) in [5, 5.41) is 17.7. The molecule has 0 saturated carbocycles. The molecule has 0 atom stereocenters. The summed E-state index contributed by atoms with van der Waals surface area (Å²) < 4.78 is 0. The lowest BCUT2D eigenvalue weighted by Crippen LogP contribution is -2.36. The predicted octanol–water partition coefficient (Wildman–Crippen LogP) is 3.66. The third-order valence-corrected chi connectivity index (χ3v) is 4.80. The second-order valence-electron chi connectivity index (χ2n) is 6.18. The Morgan fingerprint density at radius 1 is 1.46 bits per heavy atom. The van der Waals surface area contributed by atoms with E-state index < -0.39 is 4.92 Å². The van der Waals surface area contributed by atoms with Crippen LogP contribution in [0.4, 0.5) is 11.4 Å². The van der Waals surface area contributed by atoms with Crippen LogP contribution in [-0.2, 0) is 0 Å². The van der Waals surface area contributed by atoms with Gasteiger partial charge in [-0.05, 0) is 63.1 Å². The molecule has 0 radical (unpaired) electrons. The largest absolute Gasteiger partial charge is 0.362 e. The van der Waals surface area contributed by atoms with Crippen LogP contribution in [0.1, 0.15) is 26.2 Å². The molecule has 0 unspecified atom stereocenters. The van der Waals surface area contributed by atoms with Gasteiger partial charge in [0.05, 0.1) is 15.6 Å². The highest BCUT2D eigenvalue weighted by molar-refractivity contribution is 7.80. The lowest BCUT2D eigenvalue weighted by atomic mass is 9.99. The topological polar surface area (TPSA) is 70.4 Å². The van der Waals surface area contributed by atoms with Gasteiger partial charge >= 0.3 is 0 Å². The van der Waals surface area contributed by atoms with Crippen molar-refractivity contribution in [2.24, 2.45) is 5.92 Å². The molecule has 1 heterocycles. The number of nitro benzene ring substituents is 1. The molecule has 0 aromatic heterocycles. The number of hydrogen-bond acceptors (Lipinski definition) is 4. The maximum atomic E-state index is 10.8. The zero-order valence-corrected chi connectivity index (χ0v) is 15.3. The number of benzene rings is 1. The van der Waals surface area contributed by atoms with Gasteiger partial charge in [0, 0.05) is 18.7 Å². The van der Waals surface area contributed by atoms with E-state index in [2.05, 4.69) is 22.5 Å². The maximum absolute atomic E-state index is 10.8. The van der Waals surface area contributed by atoms with E-state index in [1.54, 1.807) is 0 Å². The van der Waals surface area contributed by atoms with E-state index in [9.17, 15) is 10.1 Å². The number of halogens is 1. The first-order valence-corrected chi connectivity index (χ1v) is 8.95. The molecule has 6 nitrogen and oxygen atoms in total. The van der Waals surface area contributed by atoms with Gasteiger partial charge in [0.2, 0.25) is 0 Å². The number of anilines is 1. The summed E-state index contributed by atoms with van der Waals surface area (Å²) in [5.74, 6) is 0.843. The Morgan fingerprint density at radius 3 is 2.83 bits per heavy atom. The lowest BCUT2D eigenvalue weighted by molar-refractivity contribution is -0.384. The molecule has 0 amide bonds. The van der Waals surface area contributed by atoms with E-state index in [0.29, 0.717) is 15.8 Å². The number of likely N-dealkylation sites (tertiary alicyclic amines) is 1. The fraction of sp³-hybridized carbons (Fsp3) is 0.562. The van der Waals surface area contributed by atoms with Gasteiger partial charge in [-0.3, -0.25) is 10.1 Å². The van der Waals surface area contributed by atoms with Crippen molar-refractivity contribution < 1.29 is 4.92 Å². The zero-order chi connectivity index (χ0) is 17.5. The highest BCUT2D eigenvalue weighted by Crippen LogP contribution is 2.26. The van der Waals surface area contributed by atoms with E-state index in [0.717, 1.165) is 25.4 Å². The summed E-state index contributed by atoms with van der Waals surface area (Å²) in [4.78, 5) is 12.8. The van der Waals surface area contributed by atoms with E-state index in [4.69, 9.17) is 23.8 Å². The number of hydrogen-bond donors (Lipinski definition) is 2. The first-order valence-electron chi connectivity index (χ1n) is 8.17. The predicted molar refractivity (Wildman–Crippen MR) is 102 cm³/mol. The third-order valence-electron chi connectivity index (χ3n) is 4.22. The minimum Gasteiger partial charge on any atom is -0.362 e. The van der Waals surface area contributed by atoms with Gasteiger partial charge in [-0.25, -0.2) is 0 Å². The summed E-state index contributed by atoms with van der Waals surface area (Å²) in [6, 6.07) is 4.23. The molecular weight excluding hydrogens is 348 g/mol. The minimum absolute atomic E-state index is 0.0240. The van der Waals surface area contributed by atoms with E-state index in [1.165, 1.54) is 44.1 Å². The highest BCUT2D eigenvalue weighted by atomic mass is 35.5. The van der Waals surface area contributed by atoms with E-state index in [1.807, 2.05) is 0 Å². The summed E-state index contributed by atoms with van der Waals surface area (Å²) in [6.07, 6.45) is 3.55. The van der Waals surface area contributed by atoms with Gasteiger partial charge in [0.25, 0.3) is 5.69 Å². The average Bonchev–Trinajstić information content (AvgIpc) is 2.55. The van der Waals surface area contributed by atoms with Crippen molar-refractivity contribution in [2.45, 2.75) is 26.2 Å². The van der Waals surface area contributed by atoms with E-state index in [-0.39, 0.29) is 5.69 Å².